The molecule has 0 aliphatic heterocycles. The summed E-state index contributed by atoms with van der Waals surface area (Å²) in [4.78, 5) is 12.0. The molecule has 3 aromatic carbocycles. The van der Waals surface area contributed by atoms with Crippen molar-refractivity contribution >= 4 is 17.3 Å². The maximum absolute atomic E-state index is 12.0. The number of carbonyl (C=O) groups is 1. The summed E-state index contributed by atoms with van der Waals surface area (Å²) < 4.78 is 16.6. The van der Waals surface area contributed by atoms with E-state index in [2.05, 4.69) is 17.2 Å². The van der Waals surface area contributed by atoms with E-state index < -0.39 is 0 Å². The molecule has 0 atom stereocenters. The van der Waals surface area contributed by atoms with Crippen LogP contribution in [-0.4, -0.2) is 12.5 Å². The molecule has 4 aromatic rings. The Morgan fingerprint density at radius 2 is 1.38 bits per heavy atom. The van der Waals surface area contributed by atoms with Crippen LogP contribution < -0.4 is 20.1 Å². The number of rotatable bonds is 9. The average molecular weight is 426 g/mol. The summed E-state index contributed by atoms with van der Waals surface area (Å²) in [5.41, 5.74) is 2.28. The lowest BCUT2D eigenvalue weighted by atomic mass is 10.2. The molecule has 0 bridgehead atoms. The summed E-state index contributed by atoms with van der Waals surface area (Å²) in [6.07, 6.45) is 1.46. The maximum atomic E-state index is 12.0. The highest BCUT2D eigenvalue weighted by Gasteiger charge is 2.08. The largest absolute Gasteiger partial charge is 0.487 e. The summed E-state index contributed by atoms with van der Waals surface area (Å²) in [6.45, 7) is 4.36. The van der Waals surface area contributed by atoms with Gasteiger partial charge in [-0.25, -0.2) is 0 Å². The molecule has 160 valence electrons. The van der Waals surface area contributed by atoms with Crippen LogP contribution >= 0.6 is 0 Å². The third-order valence-electron chi connectivity index (χ3n) is 4.42. The molecular weight excluding hydrogens is 404 g/mol. The van der Waals surface area contributed by atoms with Gasteiger partial charge in [0, 0.05) is 17.1 Å². The number of anilines is 2. The Hall–Kier alpha value is -4.45. The fraction of sp³-hybridized carbons (Fsp3) is 0.0385. The van der Waals surface area contributed by atoms with Gasteiger partial charge in [0.05, 0.1) is 6.26 Å². The number of amides is 1. The Bertz CT molecular complexity index is 1150. The highest BCUT2D eigenvalue weighted by atomic mass is 16.5. The number of ether oxygens (including phenoxy) is 2. The molecule has 6 nitrogen and oxygen atoms in total. The van der Waals surface area contributed by atoms with Gasteiger partial charge < -0.3 is 24.5 Å². The second-order valence-electron chi connectivity index (χ2n) is 6.91. The molecule has 6 heteroatoms. The third-order valence-corrected chi connectivity index (χ3v) is 4.42. The zero-order chi connectivity index (χ0) is 22.2. The van der Waals surface area contributed by atoms with Crippen molar-refractivity contribution in [2.45, 2.75) is 0 Å². The maximum Gasteiger partial charge on any atom is 0.291 e. The quantitative estimate of drug-likeness (QED) is 0.327. The van der Waals surface area contributed by atoms with Crippen molar-refractivity contribution in [3.63, 3.8) is 0 Å². The van der Waals surface area contributed by atoms with E-state index in [1.165, 1.54) is 6.26 Å². The van der Waals surface area contributed by atoms with Crippen molar-refractivity contribution in [1.29, 1.82) is 0 Å². The Morgan fingerprint density at radius 3 is 1.97 bits per heavy atom. The Balaban J connectivity index is 1.26. The van der Waals surface area contributed by atoms with Crippen molar-refractivity contribution in [3.8, 4) is 17.2 Å². The molecule has 1 aromatic heterocycles. The molecule has 0 saturated heterocycles. The van der Waals surface area contributed by atoms with Gasteiger partial charge in [-0.15, -0.1) is 0 Å². The standard InChI is InChI=1S/C26H22N2O4/c1-19(18-31-22-6-3-2-4-7-22)27-20-9-13-23(14-10-20)32-24-15-11-21(12-16-24)28-26(29)25-8-5-17-30-25/h2-17,27H,1,18H2,(H,28,29). The minimum atomic E-state index is -0.303. The van der Waals surface area contributed by atoms with Gasteiger partial charge in [0.2, 0.25) is 0 Å². The molecule has 1 heterocycles. The van der Waals surface area contributed by atoms with E-state index in [0.717, 1.165) is 17.1 Å². The van der Waals surface area contributed by atoms with Crippen LogP contribution in [0.25, 0.3) is 0 Å². The summed E-state index contributed by atoms with van der Waals surface area (Å²) in [6, 6.07) is 27.5. The normalized spacial score (nSPS) is 10.2. The molecule has 2 N–H and O–H groups in total. The molecule has 0 spiro atoms. The van der Waals surface area contributed by atoms with Crippen molar-refractivity contribution < 1.29 is 18.7 Å². The van der Waals surface area contributed by atoms with E-state index in [4.69, 9.17) is 13.9 Å². The smallest absolute Gasteiger partial charge is 0.291 e. The first-order chi connectivity index (χ1) is 15.7. The Kier molecular flexibility index (Phi) is 6.53. The minimum absolute atomic E-state index is 0.258. The summed E-state index contributed by atoms with van der Waals surface area (Å²) in [5, 5.41) is 5.98. The monoisotopic (exact) mass is 426 g/mol. The fourth-order valence-corrected chi connectivity index (χ4v) is 2.88. The lowest BCUT2D eigenvalue weighted by Gasteiger charge is -2.12. The van der Waals surface area contributed by atoms with Crippen LogP contribution in [-0.2, 0) is 0 Å². The van der Waals surface area contributed by atoms with Gasteiger partial charge in [0.1, 0.15) is 23.9 Å². The summed E-state index contributed by atoms with van der Waals surface area (Å²) in [7, 11) is 0. The number of nitrogens with one attached hydrogen (secondary N) is 2. The van der Waals surface area contributed by atoms with Crippen LogP contribution in [0.4, 0.5) is 11.4 Å². The van der Waals surface area contributed by atoms with Gasteiger partial charge >= 0.3 is 0 Å². The van der Waals surface area contributed by atoms with Crippen LogP contribution in [0, 0.1) is 0 Å². The third kappa shape index (κ3) is 5.79. The first-order valence-electron chi connectivity index (χ1n) is 10.0. The second-order valence-corrected chi connectivity index (χ2v) is 6.91. The number of furan rings is 1. The van der Waals surface area contributed by atoms with Gasteiger partial charge in [0.25, 0.3) is 5.91 Å². The molecule has 0 aliphatic carbocycles. The minimum Gasteiger partial charge on any atom is -0.487 e. The molecule has 0 aliphatic rings. The molecule has 4 rings (SSSR count). The van der Waals surface area contributed by atoms with E-state index in [0.29, 0.717) is 23.8 Å². The van der Waals surface area contributed by atoms with E-state index in [1.54, 1.807) is 36.4 Å². The Morgan fingerprint density at radius 1 is 0.750 bits per heavy atom. The molecular formula is C26H22N2O4. The summed E-state index contributed by atoms with van der Waals surface area (Å²) in [5.74, 6) is 2.10. The zero-order valence-corrected chi connectivity index (χ0v) is 17.3. The van der Waals surface area contributed by atoms with Gasteiger partial charge in [-0.05, 0) is 72.8 Å². The molecule has 0 radical (unpaired) electrons. The van der Waals surface area contributed by atoms with E-state index >= 15 is 0 Å². The van der Waals surface area contributed by atoms with Crippen molar-refractivity contribution in [1.82, 2.24) is 0 Å². The molecule has 1 amide bonds. The highest BCUT2D eigenvalue weighted by Crippen LogP contribution is 2.25. The Labute approximate surface area is 186 Å². The zero-order valence-electron chi connectivity index (χ0n) is 17.3. The van der Waals surface area contributed by atoms with Crippen LogP contribution in [0.2, 0.25) is 0 Å². The second kappa shape index (κ2) is 10.0. The predicted molar refractivity (Wildman–Crippen MR) is 124 cm³/mol. The molecule has 0 saturated carbocycles. The first-order valence-corrected chi connectivity index (χ1v) is 10.0. The van der Waals surface area contributed by atoms with Crippen LogP contribution in [0.15, 0.2) is 114 Å². The van der Waals surface area contributed by atoms with Crippen molar-refractivity contribution in [2.24, 2.45) is 0 Å². The van der Waals surface area contributed by atoms with Crippen LogP contribution in [0.1, 0.15) is 10.6 Å². The SMILES string of the molecule is C=C(COc1ccccc1)Nc1ccc(Oc2ccc(NC(=O)c3ccco3)cc2)cc1. The van der Waals surface area contributed by atoms with Crippen molar-refractivity contribution in [3.05, 3.63) is 115 Å². The first kappa shape index (κ1) is 20.8. The fourth-order valence-electron chi connectivity index (χ4n) is 2.88. The summed E-state index contributed by atoms with van der Waals surface area (Å²) >= 11 is 0. The highest BCUT2D eigenvalue weighted by molar-refractivity contribution is 6.02. The van der Waals surface area contributed by atoms with Crippen LogP contribution in [0.5, 0.6) is 17.2 Å². The van der Waals surface area contributed by atoms with Gasteiger partial charge in [-0.2, -0.15) is 0 Å². The number of hydrogen-bond donors (Lipinski definition) is 2. The number of benzene rings is 3. The molecule has 0 unspecified atom stereocenters. The van der Waals surface area contributed by atoms with Gasteiger partial charge in [-0.3, -0.25) is 4.79 Å². The molecule has 0 fully saturated rings. The van der Waals surface area contributed by atoms with Crippen LogP contribution in [0.3, 0.4) is 0 Å². The van der Waals surface area contributed by atoms with Gasteiger partial charge in [-0.1, -0.05) is 24.8 Å². The number of para-hydroxylation sites is 1. The van der Waals surface area contributed by atoms with Gasteiger partial charge in [0.15, 0.2) is 5.76 Å². The number of carbonyl (C=O) groups excluding carboxylic acids is 1. The van der Waals surface area contributed by atoms with E-state index in [-0.39, 0.29) is 11.7 Å². The van der Waals surface area contributed by atoms with E-state index in [1.807, 2.05) is 54.6 Å². The topological polar surface area (TPSA) is 72.7 Å². The average Bonchev–Trinajstić information content (AvgIpc) is 3.36. The lowest BCUT2D eigenvalue weighted by Crippen LogP contribution is -2.10. The van der Waals surface area contributed by atoms with E-state index in [9.17, 15) is 4.79 Å². The van der Waals surface area contributed by atoms with Crippen molar-refractivity contribution in [2.75, 3.05) is 17.2 Å². The predicted octanol–water partition coefficient (Wildman–Crippen LogP) is 6.33. The molecule has 32 heavy (non-hydrogen) atoms. The number of hydrogen-bond acceptors (Lipinski definition) is 5. The lowest BCUT2D eigenvalue weighted by molar-refractivity contribution is 0.0996.